The number of ether oxygens (including phenoxy) is 2. The molecule has 0 spiro atoms. The summed E-state index contributed by atoms with van der Waals surface area (Å²) in [6.45, 7) is 2.18. The highest BCUT2D eigenvalue weighted by Gasteiger charge is 2.28. The van der Waals surface area contributed by atoms with Crippen LogP contribution in [0.25, 0.3) is 0 Å². The zero-order valence-electron chi connectivity index (χ0n) is 10.9. The fraction of sp³-hybridized carbons (Fsp3) is 0.857. The van der Waals surface area contributed by atoms with Crippen molar-refractivity contribution in [3.8, 4) is 11.8 Å². The van der Waals surface area contributed by atoms with E-state index in [-0.39, 0.29) is 6.79 Å². The van der Waals surface area contributed by atoms with E-state index in [1.54, 1.807) is 7.11 Å². The molecule has 1 fully saturated rings. The molecule has 0 aromatic heterocycles. The molecule has 3 nitrogen and oxygen atoms in total. The zero-order valence-corrected chi connectivity index (χ0v) is 10.9. The summed E-state index contributed by atoms with van der Waals surface area (Å²) in [5, 5.41) is 10.3. The molecule has 0 unspecified atom stereocenters. The molecular weight excluding hydrogens is 216 g/mol. The van der Waals surface area contributed by atoms with E-state index in [9.17, 15) is 5.11 Å². The van der Waals surface area contributed by atoms with Crippen molar-refractivity contribution in [3.63, 3.8) is 0 Å². The van der Waals surface area contributed by atoms with Crippen LogP contribution in [-0.4, -0.2) is 31.2 Å². The summed E-state index contributed by atoms with van der Waals surface area (Å²) in [5.41, 5.74) is 0. The number of methoxy groups -OCH3 is 1. The van der Waals surface area contributed by atoms with E-state index >= 15 is 0 Å². The predicted molar refractivity (Wildman–Crippen MR) is 67.4 cm³/mol. The van der Waals surface area contributed by atoms with E-state index in [1.807, 2.05) is 6.92 Å². The van der Waals surface area contributed by atoms with Gasteiger partial charge in [0.1, 0.15) is 12.9 Å². The Balaban J connectivity index is 2.53. The lowest BCUT2D eigenvalue weighted by Gasteiger charge is -2.29. The number of hydrogen-bond donors (Lipinski definition) is 1. The monoisotopic (exact) mass is 240 g/mol. The van der Waals surface area contributed by atoms with Gasteiger partial charge in [0.15, 0.2) is 0 Å². The fourth-order valence-electron chi connectivity index (χ4n) is 2.29. The van der Waals surface area contributed by atoms with Crippen LogP contribution >= 0.6 is 0 Å². The molecular formula is C14H24O3. The highest BCUT2D eigenvalue weighted by Crippen LogP contribution is 2.28. The molecule has 17 heavy (non-hydrogen) atoms. The SMILES string of the molecule is CCC#C[C@@H](OCOC)[C@@H](O)C1CCCCC1. The second-order valence-corrected chi connectivity index (χ2v) is 4.56. The topological polar surface area (TPSA) is 38.7 Å². The lowest BCUT2D eigenvalue weighted by Crippen LogP contribution is -2.36. The van der Waals surface area contributed by atoms with Crippen LogP contribution in [0.5, 0.6) is 0 Å². The van der Waals surface area contributed by atoms with E-state index in [0.717, 1.165) is 19.3 Å². The van der Waals surface area contributed by atoms with Crippen LogP contribution in [0, 0.1) is 17.8 Å². The Morgan fingerprint density at radius 1 is 1.29 bits per heavy atom. The van der Waals surface area contributed by atoms with Gasteiger partial charge in [-0.3, -0.25) is 0 Å². The van der Waals surface area contributed by atoms with E-state index in [0.29, 0.717) is 5.92 Å². The molecule has 0 amide bonds. The second kappa shape index (κ2) is 8.52. The van der Waals surface area contributed by atoms with Gasteiger partial charge in [-0.25, -0.2) is 0 Å². The van der Waals surface area contributed by atoms with Crippen molar-refractivity contribution in [1.29, 1.82) is 0 Å². The molecule has 0 aliphatic heterocycles. The molecule has 1 aliphatic rings. The van der Waals surface area contributed by atoms with Crippen LogP contribution < -0.4 is 0 Å². The highest BCUT2D eigenvalue weighted by molar-refractivity contribution is 5.08. The minimum absolute atomic E-state index is 0.187. The maximum atomic E-state index is 10.3. The third kappa shape index (κ3) is 5.08. The second-order valence-electron chi connectivity index (χ2n) is 4.56. The molecule has 1 N–H and O–H groups in total. The van der Waals surface area contributed by atoms with Crippen LogP contribution in [0.4, 0.5) is 0 Å². The Morgan fingerprint density at radius 3 is 2.59 bits per heavy atom. The largest absolute Gasteiger partial charge is 0.389 e. The van der Waals surface area contributed by atoms with E-state index in [4.69, 9.17) is 9.47 Å². The molecule has 1 rings (SSSR count). The van der Waals surface area contributed by atoms with Crippen molar-refractivity contribution in [2.24, 2.45) is 5.92 Å². The van der Waals surface area contributed by atoms with Gasteiger partial charge in [0.2, 0.25) is 0 Å². The fourth-order valence-corrected chi connectivity index (χ4v) is 2.29. The van der Waals surface area contributed by atoms with E-state index in [1.165, 1.54) is 19.3 Å². The molecule has 1 aliphatic carbocycles. The predicted octanol–water partition coefficient (Wildman–Crippen LogP) is 2.33. The smallest absolute Gasteiger partial charge is 0.148 e. The summed E-state index contributed by atoms with van der Waals surface area (Å²) in [6, 6.07) is 0. The number of aliphatic hydroxyl groups is 1. The van der Waals surface area contributed by atoms with Gasteiger partial charge in [0, 0.05) is 13.5 Å². The standard InChI is InChI=1S/C14H24O3/c1-3-4-10-13(17-11-16-2)14(15)12-8-6-5-7-9-12/h12-15H,3,5-9,11H2,1-2H3/t13-,14+/m1/s1. The summed E-state index contributed by atoms with van der Waals surface area (Å²) in [5.74, 6) is 6.32. The minimum Gasteiger partial charge on any atom is -0.389 e. The van der Waals surface area contributed by atoms with Gasteiger partial charge in [-0.05, 0) is 18.8 Å². The van der Waals surface area contributed by atoms with Gasteiger partial charge in [-0.2, -0.15) is 0 Å². The van der Waals surface area contributed by atoms with Gasteiger partial charge in [-0.1, -0.05) is 32.1 Å². The van der Waals surface area contributed by atoms with Crippen LogP contribution in [0.3, 0.4) is 0 Å². The summed E-state index contributed by atoms with van der Waals surface area (Å²) < 4.78 is 10.4. The molecule has 98 valence electrons. The first-order valence-electron chi connectivity index (χ1n) is 6.56. The van der Waals surface area contributed by atoms with Gasteiger partial charge < -0.3 is 14.6 Å². The summed E-state index contributed by atoms with van der Waals surface area (Å²) in [4.78, 5) is 0. The Hall–Kier alpha value is -0.560. The first-order chi connectivity index (χ1) is 8.29. The summed E-state index contributed by atoms with van der Waals surface area (Å²) in [7, 11) is 1.58. The van der Waals surface area contributed by atoms with E-state index < -0.39 is 12.2 Å². The van der Waals surface area contributed by atoms with Gasteiger partial charge in [-0.15, -0.1) is 5.92 Å². The average molecular weight is 240 g/mol. The lowest BCUT2D eigenvalue weighted by atomic mass is 9.83. The molecule has 0 bridgehead atoms. The molecule has 0 heterocycles. The number of hydrogen-bond acceptors (Lipinski definition) is 3. The van der Waals surface area contributed by atoms with Gasteiger partial charge in [0.25, 0.3) is 0 Å². The number of rotatable bonds is 5. The average Bonchev–Trinajstić information content (AvgIpc) is 2.39. The van der Waals surface area contributed by atoms with Crippen molar-refractivity contribution in [3.05, 3.63) is 0 Å². The Morgan fingerprint density at radius 2 is 2.00 bits per heavy atom. The zero-order chi connectivity index (χ0) is 12.5. The van der Waals surface area contributed by atoms with E-state index in [2.05, 4.69) is 11.8 Å². The maximum absolute atomic E-state index is 10.3. The van der Waals surface area contributed by atoms with Gasteiger partial charge >= 0.3 is 0 Å². The lowest BCUT2D eigenvalue weighted by molar-refractivity contribution is -0.105. The quantitative estimate of drug-likeness (QED) is 0.592. The maximum Gasteiger partial charge on any atom is 0.148 e. The molecule has 0 aromatic rings. The molecule has 3 heteroatoms. The van der Waals surface area contributed by atoms with Crippen LogP contribution in [0.1, 0.15) is 45.4 Å². The Labute approximate surface area is 104 Å². The van der Waals surface area contributed by atoms with Crippen molar-refractivity contribution in [2.75, 3.05) is 13.9 Å². The first-order valence-corrected chi connectivity index (χ1v) is 6.56. The summed E-state index contributed by atoms with van der Waals surface area (Å²) >= 11 is 0. The number of aliphatic hydroxyl groups excluding tert-OH is 1. The van der Waals surface area contributed by atoms with Crippen molar-refractivity contribution in [2.45, 2.75) is 57.7 Å². The Bertz CT molecular complexity index is 248. The Kier molecular flexibility index (Phi) is 7.27. The normalized spacial score (nSPS) is 20.4. The molecule has 0 radical (unpaired) electrons. The van der Waals surface area contributed by atoms with Crippen molar-refractivity contribution < 1.29 is 14.6 Å². The summed E-state index contributed by atoms with van der Waals surface area (Å²) in [6.07, 6.45) is 5.77. The third-order valence-electron chi connectivity index (χ3n) is 3.23. The van der Waals surface area contributed by atoms with Crippen LogP contribution in [0.2, 0.25) is 0 Å². The third-order valence-corrected chi connectivity index (χ3v) is 3.23. The highest BCUT2D eigenvalue weighted by atomic mass is 16.7. The van der Waals surface area contributed by atoms with Crippen LogP contribution in [-0.2, 0) is 9.47 Å². The molecule has 2 atom stereocenters. The molecule has 1 saturated carbocycles. The van der Waals surface area contributed by atoms with Crippen LogP contribution in [0.15, 0.2) is 0 Å². The molecule has 0 aromatic carbocycles. The van der Waals surface area contributed by atoms with Crippen molar-refractivity contribution in [1.82, 2.24) is 0 Å². The van der Waals surface area contributed by atoms with Crippen molar-refractivity contribution >= 4 is 0 Å². The molecule has 0 saturated heterocycles. The minimum atomic E-state index is -0.482. The first kappa shape index (κ1) is 14.5. The van der Waals surface area contributed by atoms with Gasteiger partial charge in [0.05, 0.1) is 6.10 Å².